The summed E-state index contributed by atoms with van der Waals surface area (Å²) in [5.41, 5.74) is 2.95. The molecule has 2 aromatic carbocycles. The van der Waals surface area contributed by atoms with Gasteiger partial charge in [0.25, 0.3) is 5.91 Å². The smallest absolute Gasteiger partial charge is 0.255 e. The van der Waals surface area contributed by atoms with E-state index in [4.69, 9.17) is 11.2 Å². The molecule has 0 spiro atoms. The highest BCUT2D eigenvalue weighted by molar-refractivity contribution is 5.98. The highest BCUT2D eigenvalue weighted by Gasteiger charge is 2.20. The van der Waals surface area contributed by atoms with Crippen LogP contribution >= 0.6 is 0 Å². The monoisotopic (exact) mass is 376 g/mol. The Balaban J connectivity index is 1.82. The van der Waals surface area contributed by atoms with Crippen molar-refractivity contribution in [3.63, 3.8) is 0 Å². The minimum atomic E-state index is -0.437. The molecule has 1 aromatic heterocycles. The average Bonchev–Trinajstić information content (AvgIpc) is 3.10. The SMILES string of the molecule is C#Cc1cccc(C(=O)N[C@@H](CO)Cc2c[nH]c3ccccc23)c1OC(C)C. The van der Waals surface area contributed by atoms with E-state index >= 15 is 0 Å². The standard InChI is InChI=1S/C23H24N2O3/c1-4-16-8-7-10-20(22(16)28-15(2)3)23(27)25-18(14-26)12-17-13-24-21-11-6-5-9-19(17)21/h1,5-11,13,15,18,24,26H,12,14H2,2-3H3,(H,25,27)/t18-/m1/s1. The molecule has 1 amide bonds. The average molecular weight is 376 g/mol. The van der Waals surface area contributed by atoms with E-state index in [1.54, 1.807) is 18.2 Å². The minimum absolute atomic E-state index is 0.124. The van der Waals surface area contributed by atoms with Crippen LogP contribution in [0.25, 0.3) is 10.9 Å². The molecule has 1 atom stereocenters. The zero-order valence-corrected chi connectivity index (χ0v) is 16.0. The van der Waals surface area contributed by atoms with E-state index in [-0.39, 0.29) is 18.6 Å². The van der Waals surface area contributed by atoms with Crippen molar-refractivity contribution in [3.8, 4) is 18.1 Å². The van der Waals surface area contributed by atoms with Crippen molar-refractivity contribution in [2.75, 3.05) is 6.61 Å². The molecule has 3 rings (SSSR count). The Morgan fingerprint density at radius 1 is 1.25 bits per heavy atom. The number of fused-ring (bicyclic) bond motifs is 1. The summed E-state index contributed by atoms with van der Waals surface area (Å²) in [5, 5.41) is 13.8. The third-order valence-electron chi connectivity index (χ3n) is 4.47. The third kappa shape index (κ3) is 4.19. The predicted molar refractivity (Wildman–Crippen MR) is 110 cm³/mol. The molecule has 0 fully saturated rings. The summed E-state index contributed by atoms with van der Waals surface area (Å²) < 4.78 is 5.80. The molecular weight excluding hydrogens is 352 g/mol. The summed E-state index contributed by atoms with van der Waals surface area (Å²) in [5.74, 6) is 2.62. The van der Waals surface area contributed by atoms with Crippen LogP contribution in [0.2, 0.25) is 0 Å². The van der Waals surface area contributed by atoms with Crippen LogP contribution in [-0.2, 0) is 6.42 Å². The largest absolute Gasteiger partial charge is 0.489 e. The Morgan fingerprint density at radius 3 is 2.75 bits per heavy atom. The number of nitrogens with one attached hydrogen (secondary N) is 2. The second-order valence-electron chi connectivity index (χ2n) is 6.91. The van der Waals surface area contributed by atoms with E-state index < -0.39 is 6.04 Å². The Morgan fingerprint density at radius 2 is 2.04 bits per heavy atom. The van der Waals surface area contributed by atoms with Gasteiger partial charge in [-0.15, -0.1) is 6.42 Å². The van der Waals surface area contributed by atoms with Gasteiger partial charge in [-0.25, -0.2) is 0 Å². The molecule has 3 aromatic rings. The van der Waals surface area contributed by atoms with Crippen LogP contribution in [0.1, 0.15) is 35.3 Å². The second-order valence-corrected chi connectivity index (χ2v) is 6.91. The Hall–Kier alpha value is -3.23. The van der Waals surface area contributed by atoms with Crippen molar-refractivity contribution in [3.05, 3.63) is 65.4 Å². The molecule has 1 heterocycles. The van der Waals surface area contributed by atoms with Gasteiger partial charge in [0, 0.05) is 17.1 Å². The van der Waals surface area contributed by atoms with Crippen LogP contribution < -0.4 is 10.1 Å². The Labute approximate surface area is 164 Å². The first-order chi connectivity index (χ1) is 13.5. The fourth-order valence-corrected chi connectivity index (χ4v) is 3.18. The quantitative estimate of drug-likeness (QED) is 0.554. The van der Waals surface area contributed by atoms with E-state index in [2.05, 4.69) is 16.2 Å². The van der Waals surface area contributed by atoms with Crippen molar-refractivity contribution in [2.24, 2.45) is 0 Å². The van der Waals surface area contributed by atoms with Crippen molar-refractivity contribution in [2.45, 2.75) is 32.4 Å². The van der Waals surface area contributed by atoms with Gasteiger partial charge in [-0.05, 0) is 44.0 Å². The number of H-pyrrole nitrogens is 1. The molecule has 0 aliphatic carbocycles. The van der Waals surface area contributed by atoms with Crippen LogP contribution in [0.4, 0.5) is 0 Å². The Bertz CT molecular complexity index is 1010. The van der Waals surface area contributed by atoms with Crippen molar-refractivity contribution in [1.29, 1.82) is 0 Å². The number of hydrogen-bond donors (Lipinski definition) is 3. The van der Waals surface area contributed by atoms with Gasteiger partial charge in [-0.2, -0.15) is 0 Å². The number of benzene rings is 2. The van der Waals surface area contributed by atoms with Gasteiger partial charge in [0.05, 0.1) is 29.9 Å². The molecule has 0 aliphatic rings. The summed E-state index contributed by atoms with van der Waals surface area (Å²) in [4.78, 5) is 16.1. The molecule has 5 heteroatoms. The topological polar surface area (TPSA) is 74.4 Å². The number of rotatable bonds is 7. The number of ether oxygens (including phenoxy) is 1. The van der Waals surface area contributed by atoms with Gasteiger partial charge in [-0.1, -0.05) is 30.2 Å². The van der Waals surface area contributed by atoms with Crippen molar-refractivity contribution >= 4 is 16.8 Å². The zero-order valence-electron chi connectivity index (χ0n) is 16.0. The van der Waals surface area contributed by atoms with Crippen LogP contribution in [0, 0.1) is 12.3 Å². The van der Waals surface area contributed by atoms with E-state index in [1.807, 2.05) is 44.3 Å². The van der Waals surface area contributed by atoms with Crippen LogP contribution in [0.5, 0.6) is 5.75 Å². The number of aliphatic hydroxyl groups is 1. The predicted octanol–water partition coefficient (Wildman–Crippen LogP) is 3.27. The molecule has 0 unspecified atom stereocenters. The van der Waals surface area contributed by atoms with E-state index in [0.29, 0.717) is 23.3 Å². The molecule has 0 bridgehead atoms. The summed E-state index contributed by atoms with van der Waals surface area (Å²) in [6.45, 7) is 3.57. The van der Waals surface area contributed by atoms with E-state index in [1.165, 1.54) is 0 Å². The Kier molecular flexibility index (Phi) is 6.03. The lowest BCUT2D eigenvalue weighted by Gasteiger charge is -2.19. The number of aromatic nitrogens is 1. The summed E-state index contributed by atoms with van der Waals surface area (Å²) in [6, 6.07) is 12.6. The zero-order chi connectivity index (χ0) is 20.1. The van der Waals surface area contributed by atoms with Crippen molar-refractivity contribution < 1.29 is 14.6 Å². The van der Waals surface area contributed by atoms with Gasteiger partial charge >= 0.3 is 0 Å². The molecule has 0 saturated carbocycles. The van der Waals surface area contributed by atoms with E-state index in [0.717, 1.165) is 16.5 Å². The number of terminal acetylenes is 1. The lowest BCUT2D eigenvalue weighted by Crippen LogP contribution is -2.39. The maximum absolute atomic E-state index is 12.9. The van der Waals surface area contributed by atoms with Crippen LogP contribution in [-0.4, -0.2) is 34.8 Å². The first-order valence-corrected chi connectivity index (χ1v) is 9.26. The maximum Gasteiger partial charge on any atom is 0.255 e. The molecule has 28 heavy (non-hydrogen) atoms. The number of carbonyl (C=O) groups is 1. The molecule has 0 saturated heterocycles. The van der Waals surface area contributed by atoms with Gasteiger partial charge in [0.15, 0.2) is 0 Å². The van der Waals surface area contributed by atoms with Gasteiger partial charge in [0.1, 0.15) is 5.75 Å². The number of para-hydroxylation sites is 2. The highest BCUT2D eigenvalue weighted by Crippen LogP contribution is 2.25. The number of amides is 1. The molecule has 0 radical (unpaired) electrons. The lowest BCUT2D eigenvalue weighted by molar-refractivity contribution is 0.0910. The van der Waals surface area contributed by atoms with Crippen molar-refractivity contribution in [1.82, 2.24) is 10.3 Å². The lowest BCUT2D eigenvalue weighted by atomic mass is 10.0. The van der Waals surface area contributed by atoms with Gasteiger partial charge in [0.2, 0.25) is 0 Å². The van der Waals surface area contributed by atoms with Crippen LogP contribution in [0.3, 0.4) is 0 Å². The number of carbonyl (C=O) groups excluding carboxylic acids is 1. The summed E-state index contributed by atoms with van der Waals surface area (Å²) >= 11 is 0. The fraction of sp³-hybridized carbons (Fsp3) is 0.261. The number of aliphatic hydroxyl groups excluding tert-OH is 1. The number of aromatic amines is 1. The molecule has 5 nitrogen and oxygen atoms in total. The maximum atomic E-state index is 12.9. The number of hydrogen-bond acceptors (Lipinski definition) is 3. The molecular formula is C23H24N2O3. The first-order valence-electron chi connectivity index (χ1n) is 9.26. The summed E-state index contributed by atoms with van der Waals surface area (Å²) in [6.07, 6.45) is 7.85. The van der Waals surface area contributed by atoms with Gasteiger partial charge < -0.3 is 20.1 Å². The second kappa shape index (κ2) is 8.64. The third-order valence-corrected chi connectivity index (χ3v) is 4.47. The molecule has 144 valence electrons. The van der Waals surface area contributed by atoms with E-state index in [9.17, 15) is 9.90 Å². The molecule has 3 N–H and O–H groups in total. The first kappa shape index (κ1) is 19.5. The minimum Gasteiger partial charge on any atom is -0.489 e. The summed E-state index contributed by atoms with van der Waals surface area (Å²) in [7, 11) is 0. The fourth-order valence-electron chi connectivity index (χ4n) is 3.18. The van der Waals surface area contributed by atoms with Gasteiger partial charge in [-0.3, -0.25) is 4.79 Å². The normalized spacial score (nSPS) is 12.0. The van der Waals surface area contributed by atoms with Crippen LogP contribution in [0.15, 0.2) is 48.7 Å². The highest BCUT2D eigenvalue weighted by atomic mass is 16.5. The molecule has 0 aliphatic heterocycles.